The van der Waals surface area contributed by atoms with Gasteiger partial charge in [-0.15, -0.1) is 0 Å². The van der Waals surface area contributed by atoms with Gasteiger partial charge in [0.15, 0.2) is 0 Å². The standard InChI is InChI=1S/C11H14N2O2/c1-3-15-11-7-5-4-6-10(11)8-12-13-9(2)14/h4-8H,3H2,1-2H3,(H,13,14)/b12-8-. The highest BCUT2D eigenvalue weighted by atomic mass is 16.5. The highest BCUT2D eigenvalue weighted by Crippen LogP contribution is 2.15. The summed E-state index contributed by atoms with van der Waals surface area (Å²) < 4.78 is 5.39. The number of ether oxygens (including phenoxy) is 1. The number of hydrazone groups is 1. The second-order valence-electron chi connectivity index (χ2n) is 2.90. The molecule has 1 aromatic carbocycles. The smallest absolute Gasteiger partial charge is 0.236 e. The molecule has 0 heterocycles. The summed E-state index contributed by atoms with van der Waals surface area (Å²) in [6, 6.07) is 7.51. The Kier molecular flexibility index (Phi) is 4.34. The van der Waals surface area contributed by atoms with Gasteiger partial charge in [0, 0.05) is 12.5 Å². The summed E-state index contributed by atoms with van der Waals surface area (Å²) in [6.07, 6.45) is 1.56. The third-order valence-electron chi connectivity index (χ3n) is 1.64. The van der Waals surface area contributed by atoms with Gasteiger partial charge in [-0.1, -0.05) is 12.1 Å². The van der Waals surface area contributed by atoms with Crippen LogP contribution in [-0.2, 0) is 4.79 Å². The van der Waals surface area contributed by atoms with Gasteiger partial charge in [-0.25, -0.2) is 5.43 Å². The van der Waals surface area contributed by atoms with E-state index < -0.39 is 0 Å². The van der Waals surface area contributed by atoms with Crippen LogP contribution in [0.2, 0.25) is 0 Å². The summed E-state index contributed by atoms with van der Waals surface area (Å²) in [5.41, 5.74) is 3.18. The molecule has 15 heavy (non-hydrogen) atoms. The Balaban J connectivity index is 2.74. The van der Waals surface area contributed by atoms with Crippen LogP contribution >= 0.6 is 0 Å². The zero-order valence-electron chi connectivity index (χ0n) is 8.86. The first-order chi connectivity index (χ1) is 7.24. The first-order valence-corrected chi connectivity index (χ1v) is 4.75. The molecule has 1 aromatic rings. The summed E-state index contributed by atoms with van der Waals surface area (Å²) in [5.74, 6) is 0.564. The van der Waals surface area contributed by atoms with Crippen LogP contribution in [0.25, 0.3) is 0 Å². The fraction of sp³-hybridized carbons (Fsp3) is 0.273. The number of para-hydroxylation sites is 1. The molecule has 0 bridgehead atoms. The minimum atomic E-state index is -0.194. The van der Waals surface area contributed by atoms with Crippen LogP contribution < -0.4 is 10.2 Å². The van der Waals surface area contributed by atoms with Crippen molar-refractivity contribution in [3.8, 4) is 5.75 Å². The molecule has 0 spiro atoms. The molecule has 0 aromatic heterocycles. The molecular formula is C11H14N2O2. The van der Waals surface area contributed by atoms with Crippen molar-refractivity contribution in [2.45, 2.75) is 13.8 Å². The molecule has 0 atom stereocenters. The minimum absolute atomic E-state index is 0.194. The van der Waals surface area contributed by atoms with Gasteiger partial charge in [0.05, 0.1) is 12.8 Å². The lowest BCUT2D eigenvalue weighted by atomic mass is 10.2. The largest absolute Gasteiger partial charge is 0.493 e. The molecule has 4 nitrogen and oxygen atoms in total. The predicted molar refractivity (Wildman–Crippen MR) is 59.0 cm³/mol. The third-order valence-corrected chi connectivity index (χ3v) is 1.64. The van der Waals surface area contributed by atoms with Crippen molar-refractivity contribution in [1.82, 2.24) is 5.43 Å². The van der Waals surface area contributed by atoms with E-state index in [0.717, 1.165) is 11.3 Å². The maximum atomic E-state index is 10.6. The number of hydrogen-bond acceptors (Lipinski definition) is 3. The van der Waals surface area contributed by atoms with Gasteiger partial charge in [0.2, 0.25) is 5.91 Å². The van der Waals surface area contributed by atoms with Crippen molar-refractivity contribution in [3.63, 3.8) is 0 Å². The molecule has 0 aliphatic rings. The van der Waals surface area contributed by atoms with Crippen molar-refractivity contribution in [1.29, 1.82) is 0 Å². The topological polar surface area (TPSA) is 50.7 Å². The van der Waals surface area contributed by atoms with Gasteiger partial charge in [0.25, 0.3) is 0 Å². The lowest BCUT2D eigenvalue weighted by Crippen LogP contribution is -2.12. The molecule has 4 heteroatoms. The van der Waals surface area contributed by atoms with Crippen LogP contribution in [0, 0.1) is 0 Å². The molecule has 0 fully saturated rings. The maximum Gasteiger partial charge on any atom is 0.236 e. The van der Waals surface area contributed by atoms with Crippen LogP contribution in [0.4, 0.5) is 0 Å². The van der Waals surface area contributed by atoms with Crippen LogP contribution in [0.3, 0.4) is 0 Å². The van der Waals surface area contributed by atoms with Gasteiger partial charge < -0.3 is 4.74 Å². The van der Waals surface area contributed by atoms with Gasteiger partial charge >= 0.3 is 0 Å². The van der Waals surface area contributed by atoms with Crippen molar-refractivity contribution in [2.75, 3.05) is 6.61 Å². The molecule has 1 amide bonds. The zero-order chi connectivity index (χ0) is 11.1. The zero-order valence-corrected chi connectivity index (χ0v) is 8.86. The molecular weight excluding hydrogens is 192 g/mol. The van der Waals surface area contributed by atoms with Crippen LogP contribution in [0.1, 0.15) is 19.4 Å². The number of rotatable bonds is 4. The summed E-state index contributed by atoms with van der Waals surface area (Å²) in [5, 5.41) is 3.78. The first kappa shape index (κ1) is 11.2. The lowest BCUT2D eigenvalue weighted by molar-refractivity contribution is -0.118. The van der Waals surface area contributed by atoms with Crippen molar-refractivity contribution < 1.29 is 9.53 Å². The van der Waals surface area contributed by atoms with Gasteiger partial charge in [0.1, 0.15) is 5.75 Å². The van der Waals surface area contributed by atoms with Crippen molar-refractivity contribution >= 4 is 12.1 Å². The van der Waals surface area contributed by atoms with Crippen molar-refractivity contribution in [3.05, 3.63) is 29.8 Å². The Labute approximate surface area is 88.9 Å². The van der Waals surface area contributed by atoms with Gasteiger partial charge in [-0.05, 0) is 19.1 Å². The van der Waals surface area contributed by atoms with E-state index in [9.17, 15) is 4.79 Å². The Bertz CT molecular complexity index is 361. The number of benzene rings is 1. The quantitative estimate of drug-likeness (QED) is 0.600. The summed E-state index contributed by atoms with van der Waals surface area (Å²) in [4.78, 5) is 10.6. The van der Waals surface area contributed by atoms with Gasteiger partial charge in [-0.2, -0.15) is 5.10 Å². The number of carbonyl (C=O) groups excluding carboxylic acids is 1. The molecule has 80 valence electrons. The summed E-state index contributed by atoms with van der Waals surface area (Å²) in [7, 11) is 0. The summed E-state index contributed by atoms with van der Waals surface area (Å²) in [6.45, 7) is 3.93. The SMILES string of the molecule is CCOc1ccccc1/C=N\NC(C)=O. The van der Waals surface area contributed by atoms with E-state index in [4.69, 9.17) is 4.74 Å². The highest BCUT2D eigenvalue weighted by Gasteiger charge is 1.98. The number of nitrogens with zero attached hydrogens (tertiary/aromatic N) is 1. The molecule has 0 saturated carbocycles. The molecule has 1 N–H and O–H groups in total. The van der Waals surface area contributed by atoms with E-state index in [1.165, 1.54) is 6.92 Å². The Hall–Kier alpha value is -1.84. The molecule has 0 aliphatic carbocycles. The third kappa shape index (κ3) is 3.81. The molecule has 1 rings (SSSR count). The molecule has 0 aliphatic heterocycles. The maximum absolute atomic E-state index is 10.6. The fourth-order valence-corrected chi connectivity index (χ4v) is 1.07. The number of amides is 1. The van der Waals surface area contributed by atoms with E-state index >= 15 is 0 Å². The minimum Gasteiger partial charge on any atom is -0.493 e. The molecule has 0 unspecified atom stereocenters. The Morgan fingerprint density at radius 2 is 2.27 bits per heavy atom. The highest BCUT2D eigenvalue weighted by molar-refractivity contribution is 5.84. The van der Waals surface area contributed by atoms with Crippen LogP contribution in [0.15, 0.2) is 29.4 Å². The Morgan fingerprint density at radius 1 is 1.53 bits per heavy atom. The first-order valence-electron chi connectivity index (χ1n) is 4.75. The monoisotopic (exact) mass is 206 g/mol. The lowest BCUT2D eigenvalue weighted by Gasteiger charge is -2.05. The van der Waals surface area contributed by atoms with E-state index in [-0.39, 0.29) is 5.91 Å². The normalized spacial score (nSPS) is 10.3. The van der Waals surface area contributed by atoms with E-state index in [0.29, 0.717) is 6.61 Å². The van der Waals surface area contributed by atoms with E-state index in [1.54, 1.807) is 6.21 Å². The van der Waals surface area contributed by atoms with Crippen LogP contribution in [0.5, 0.6) is 5.75 Å². The second-order valence-corrected chi connectivity index (χ2v) is 2.90. The fourth-order valence-electron chi connectivity index (χ4n) is 1.07. The average Bonchev–Trinajstić information content (AvgIpc) is 2.20. The van der Waals surface area contributed by atoms with Crippen molar-refractivity contribution in [2.24, 2.45) is 5.10 Å². The number of hydrogen-bond donors (Lipinski definition) is 1. The average molecular weight is 206 g/mol. The van der Waals surface area contributed by atoms with E-state index in [2.05, 4.69) is 10.5 Å². The Morgan fingerprint density at radius 3 is 2.93 bits per heavy atom. The number of carbonyl (C=O) groups is 1. The van der Waals surface area contributed by atoms with E-state index in [1.807, 2.05) is 31.2 Å². The molecule has 0 saturated heterocycles. The van der Waals surface area contributed by atoms with Gasteiger partial charge in [-0.3, -0.25) is 4.79 Å². The number of nitrogens with one attached hydrogen (secondary N) is 1. The predicted octanol–water partition coefficient (Wildman–Crippen LogP) is 1.56. The van der Waals surface area contributed by atoms with Crippen LogP contribution in [-0.4, -0.2) is 18.7 Å². The summed E-state index contributed by atoms with van der Waals surface area (Å²) >= 11 is 0. The molecule has 0 radical (unpaired) electrons. The second kappa shape index (κ2) is 5.80.